The first-order valence-electron chi connectivity index (χ1n) is 9.61. The van der Waals surface area contributed by atoms with E-state index in [-0.39, 0.29) is 23.2 Å². The first-order chi connectivity index (χ1) is 13.3. The molecular weight excluding hydrogens is 394 g/mol. The van der Waals surface area contributed by atoms with Crippen LogP contribution in [0.5, 0.6) is 0 Å². The van der Waals surface area contributed by atoms with E-state index in [0.717, 1.165) is 41.7 Å². The van der Waals surface area contributed by atoms with Gasteiger partial charge < -0.3 is 5.32 Å². The SMILES string of the molecule is Cc1ccc(C(=O)c2c(NC(=O)[C@H]3CCS(=O)(=O)C3)sc3c2CCCC3)cc1. The van der Waals surface area contributed by atoms with E-state index < -0.39 is 15.8 Å². The molecule has 1 aliphatic carbocycles. The molecule has 7 heteroatoms. The van der Waals surface area contributed by atoms with Crippen molar-refractivity contribution in [3.63, 3.8) is 0 Å². The van der Waals surface area contributed by atoms with E-state index in [1.54, 1.807) is 0 Å². The third kappa shape index (κ3) is 3.78. The van der Waals surface area contributed by atoms with E-state index in [0.29, 0.717) is 22.5 Å². The highest BCUT2D eigenvalue weighted by atomic mass is 32.2. The Kier molecular flexibility index (Phi) is 5.14. The zero-order valence-corrected chi connectivity index (χ0v) is 17.4. The fourth-order valence-corrected chi connectivity index (χ4v) is 6.99. The van der Waals surface area contributed by atoms with Crippen molar-refractivity contribution in [1.82, 2.24) is 0 Å². The number of hydrogen-bond donors (Lipinski definition) is 1. The topological polar surface area (TPSA) is 80.3 Å². The van der Waals surface area contributed by atoms with Gasteiger partial charge in [-0.2, -0.15) is 0 Å². The monoisotopic (exact) mass is 417 g/mol. The van der Waals surface area contributed by atoms with Crippen LogP contribution in [0.15, 0.2) is 24.3 Å². The average molecular weight is 418 g/mol. The van der Waals surface area contributed by atoms with E-state index in [4.69, 9.17) is 0 Å². The minimum atomic E-state index is -3.13. The lowest BCUT2D eigenvalue weighted by molar-refractivity contribution is -0.119. The van der Waals surface area contributed by atoms with E-state index in [9.17, 15) is 18.0 Å². The van der Waals surface area contributed by atoms with Crippen LogP contribution in [-0.2, 0) is 27.5 Å². The molecular formula is C21H23NO4S2. The molecule has 2 aliphatic rings. The molecule has 148 valence electrons. The maximum absolute atomic E-state index is 13.3. The standard InChI is InChI=1S/C21H23NO4S2/c1-13-6-8-14(9-7-13)19(23)18-16-4-2-3-5-17(16)27-21(18)22-20(24)15-10-11-28(25,26)12-15/h6-9,15H,2-5,10-12H2,1H3,(H,22,24)/t15-/m0/s1. The highest BCUT2D eigenvalue weighted by molar-refractivity contribution is 7.91. The molecule has 2 heterocycles. The Morgan fingerprint density at radius 2 is 1.82 bits per heavy atom. The van der Waals surface area contributed by atoms with E-state index in [1.165, 1.54) is 11.3 Å². The Morgan fingerprint density at radius 3 is 2.50 bits per heavy atom. The number of carbonyl (C=O) groups excluding carboxylic acids is 2. The van der Waals surface area contributed by atoms with Gasteiger partial charge in [-0.3, -0.25) is 9.59 Å². The Balaban J connectivity index is 1.67. The van der Waals surface area contributed by atoms with Gasteiger partial charge in [-0.05, 0) is 44.6 Å². The molecule has 1 amide bonds. The van der Waals surface area contributed by atoms with Crippen LogP contribution in [0, 0.1) is 12.8 Å². The molecule has 1 atom stereocenters. The predicted molar refractivity (Wildman–Crippen MR) is 111 cm³/mol. The Bertz CT molecular complexity index is 1040. The van der Waals surface area contributed by atoms with Gasteiger partial charge in [0, 0.05) is 10.4 Å². The fraction of sp³-hybridized carbons (Fsp3) is 0.429. The molecule has 0 unspecified atom stereocenters. The number of sulfone groups is 1. The van der Waals surface area contributed by atoms with Crippen LogP contribution in [0.4, 0.5) is 5.00 Å². The van der Waals surface area contributed by atoms with Gasteiger partial charge >= 0.3 is 0 Å². The lowest BCUT2D eigenvalue weighted by Crippen LogP contribution is -2.24. The Labute approximate surface area is 169 Å². The third-order valence-electron chi connectivity index (χ3n) is 5.55. The number of thiophene rings is 1. The lowest BCUT2D eigenvalue weighted by atomic mass is 9.91. The number of benzene rings is 1. The van der Waals surface area contributed by atoms with Crippen molar-refractivity contribution in [2.75, 3.05) is 16.8 Å². The zero-order valence-electron chi connectivity index (χ0n) is 15.8. The minimum absolute atomic E-state index is 0.0567. The third-order valence-corrected chi connectivity index (χ3v) is 8.53. The zero-order chi connectivity index (χ0) is 19.9. The summed E-state index contributed by atoms with van der Waals surface area (Å²) in [6.07, 6.45) is 4.22. The normalized spacial score (nSPS) is 20.5. The molecule has 1 N–H and O–H groups in total. The van der Waals surface area contributed by atoms with Crippen LogP contribution >= 0.6 is 11.3 Å². The van der Waals surface area contributed by atoms with Crippen molar-refractivity contribution in [2.24, 2.45) is 5.92 Å². The molecule has 5 nitrogen and oxygen atoms in total. The summed E-state index contributed by atoms with van der Waals surface area (Å²) in [6, 6.07) is 7.46. The fourth-order valence-electron chi connectivity index (χ4n) is 3.96. The molecule has 1 aromatic heterocycles. The molecule has 0 radical (unpaired) electrons. The molecule has 1 aliphatic heterocycles. The summed E-state index contributed by atoms with van der Waals surface area (Å²) in [6.45, 7) is 1.97. The van der Waals surface area contributed by atoms with Crippen molar-refractivity contribution in [3.05, 3.63) is 51.4 Å². The van der Waals surface area contributed by atoms with Gasteiger partial charge in [0.05, 0.1) is 23.0 Å². The number of anilines is 1. The summed E-state index contributed by atoms with van der Waals surface area (Å²) in [5.41, 5.74) is 3.34. The number of rotatable bonds is 4. The van der Waals surface area contributed by atoms with Crippen LogP contribution in [0.3, 0.4) is 0 Å². The van der Waals surface area contributed by atoms with Gasteiger partial charge in [-0.25, -0.2) is 8.42 Å². The van der Waals surface area contributed by atoms with E-state index in [1.807, 2.05) is 31.2 Å². The van der Waals surface area contributed by atoms with Crippen LogP contribution in [0.1, 0.15) is 51.2 Å². The number of aryl methyl sites for hydroxylation is 2. The summed E-state index contributed by atoms with van der Waals surface area (Å²) in [5, 5.41) is 3.48. The van der Waals surface area contributed by atoms with Gasteiger partial charge in [0.2, 0.25) is 5.91 Å². The first-order valence-corrected chi connectivity index (χ1v) is 12.2. The summed E-state index contributed by atoms with van der Waals surface area (Å²) >= 11 is 1.47. The second-order valence-electron chi connectivity index (χ2n) is 7.70. The molecule has 0 saturated carbocycles. The van der Waals surface area contributed by atoms with Crippen molar-refractivity contribution < 1.29 is 18.0 Å². The number of hydrogen-bond acceptors (Lipinski definition) is 5. The molecule has 4 rings (SSSR count). The highest BCUT2D eigenvalue weighted by Crippen LogP contribution is 2.39. The maximum Gasteiger partial charge on any atom is 0.229 e. The highest BCUT2D eigenvalue weighted by Gasteiger charge is 2.34. The molecule has 0 bridgehead atoms. The summed E-state index contributed by atoms with van der Waals surface area (Å²) in [4.78, 5) is 27.1. The quantitative estimate of drug-likeness (QED) is 0.772. The van der Waals surface area contributed by atoms with Crippen LogP contribution in [0.2, 0.25) is 0 Å². The van der Waals surface area contributed by atoms with Gasteiger partial charge in [0.25, 0.3) is 0 Å². The number of ketones is 1. The molecule has 1 aromatic carbocycles. The average Bonchev–Trinajstić information content (AvgIpc) is 3.21. The first kappa shape index (κ1) is 19.3. The second kappa shape index (κ2) is 7.44. The smallest absolute Gasteiger partial charge is 0.229 e. The molecule has 1 saturated heterocycles. The lowest BCUT2D eigenvalue weighted by Gasteiger charge is -2.13. The van der Waals surface area contributed by atoms with Crippen molar-refractivity contribution in [1.29, 1.82) is 0 Å². The maximum atomic E-state index is 13.3. The van der Waals surface area contributed by atoms with E-state index >= 15 is 0 Å². The van der Waals surface area contributed by atoms with Crippen LogP contribution in [-0.4, -0.2) is 31.6 Å². The van der Waals surface area contributed by atoms with Crippen LogP contribution in [0.25, 0.3) is 0 Å². The molecule has 2 aromatic rings. The molecule has 0 spiro atoms. The summed E-state index contributed by atoms with van der Waals surface area (Å²) < 4.78 is 23.4. The van der Waals surface area contributed by atoms with Gasteiger partial charge in [0.15, 0.2) is 15.6 Å². The Morgan fingerprint density at radius 1 is 1.11 bits per heavy atom. The summed E-state index contributed by atoms with van der Waals surface area (Å²) in [7, 11) is -3.13. The number of carbonyl (C=O) groups is 2. The number of amides is 1. The molecule has 1 fully saturated rings. The minimum Gasteiger partial charge on any atom is -0.317 e. The van der Waals surface area contributed by atoms with Crippen molar-refractivity contribution in [2.45, 2.75) is 39.0 Å². The number of fused-ring (bicyclic) bond motifs is 1. The summed E-state index contributed by atoms with van der Waals surface area (Å²) in [5.74, 6) is -0.954. The van der Waals surface area contributed by atoms with Crippen LogP contribution < -0.4 is 5.32 Å². The largest absolute Gasteiger partial charge is 0.317 e. The van der Waals surface area contributed by atoms with E-state index in [2.05, 4.69) is 5.32 Å². The second-order valence-corrected chi connectivity index (χ2v) is 11.0. The predicted octanol–water partition coefficient (Wildman–Crippen LogP) is 3.54. The van der Waals surface area contributed by atoms with Crippen molar-refractivity contribution >= 4 is 37.9 Å². The van der Waals surface area contributed by atoms with Gasteiger partial charge in [-0.1, -0.05) is 29.8 Å². The number of nitrogens with one attached hydrogen (secondary N) is 1. The molecule has 28 heavy (non-hydrogen) atoms. The van der Waals surface area contributed by atoms with Crippen molar-refractivity contribution in [3.8, 4) is 0 Å². The van der Waals surface area contributed by atoms with Gasteiger partial charge in [-0.15, -0.1) is 11.3 Å². The Hall–Kier alpha value is -1.99. The van der Waals surface area contributed by atoms with Gasteiger partial charge in [0.1, 0.15) is 5.00 Å².